The lowest BCUT2D eigenvalue weighted by molar-refractivity contribution is 0.102. The number of hydrogen-bond acceptors (Lipinski definition) is 3. The Morgan fingerprint density at radius 1 is 1.25 bits per heavy atom. The normalized spacial score (nSPS) is 10.2. The molecule has 1 heterocycles. The fourth-order valence-electron chi connectivity index (χ4n) is 1.68. The van der Waals surface area contributed by atoms with Gasteiger partial charge in [0.05, 0.1) is 10.6 Å². The van der Waals surface area contributed by atoms with E-state index in [0.29, 0.717) is 27.1 Å². The molecule has 0 unspecified atom stereocenters. The summed E-state index contributed by atoms with van der Waals surface area (Å²) in [6.45, 7) is 1.84. The van der Waals surface area contributed by atoms with Gasteiger partial charge in [0.15, 0.2) is 0 Å². The van der Waals surface area contributed by atoms with E-state index in [1.165, 1.54) is 6.20 Å². The van der Waals surface area contributed by atoms with Gasteiger partial charge in [-0.1, -0.05) is 29.3 Å². The zero-order chi connectivity index (χ0) is 14.7. The molecule has 2 rings (SSSR count). The number of carbonyl (C=O) groups is 1. The average Bonchev–Trinajstić information content (AvgIpc) is 2.44. The maximum Gasteiger partial charge on any atom is 0.257 e. The largest absolute Gasteiger partial charge is 0.373 e. The minimum Gasteiger partial charge on any atom is -0.373 e. The Balaban J connectivity index is 2.30. The molecule has 1 aromatic carbocycles. The van der Waals surface area contributed by atoms with Crippen LogP contribution in [0.5, 0.6) is 0 Å². The zero-order valence-electron chi connectivity index (χ0n) is 11.0. The van der Waals surface area contributed by atoms with Crippen molar-refractivity contribution in [2.75, 3.05) is 17.7 Å². The van der Waals surface area contributed by atoms with Crippen molar-refractivity contribution in [2.45, 2.75) is 6.92 Å². The molecule has 0 saturated carbocycles. The number of nitrogens with zero attached hydrogens (tertiary/aromatic N) is 1. The molecule has 0 aliphatic heterocycles. The van der Waals surface area contributed by atoms with Crippen molar-refractivity contribution < 1.29 is 4.79 Å². The number of pyridine rings is 1. The van der Waals surface area contributed by atoms with Crippen molar-refractivity contribution in [2.24, 2.45) is 0 Å². The lowest BCUT2D eigenvalue weighted by Gasteiger charge is -2.11. The van der Waals surface area contributed by atoms with Crippen LogP contribution in [0.4, 0.5) is 11.5 Å². The van der Waals surface area contributed by atoms with Gasteiger partial charge in [-0.05, 0) is 30.7 Å². The third-order valence-corrected chi connectivity index (χ3v) is 3.58. The summed E-state index contributed by atoms with van der Waals surface area (Å²) in [6.07, 6.45) is 1.44. The van der Waals surface area contributed by atoms with E-state index in [9.17, 15) is 4.79 Å². The van der Waals surface area contributed by atoms with Crippen LogP contribution in [0.1, 0.15) is 15.9 Å². The number of hydrogen-bond donors (Lipinski definition) is 2. The smallest absolute Gasteiger partial charge is 0.257 e. The summed E-state index contributed by atoms with van der Waals surface area (Å²) in [7, 11) is 1.72. The highest BCUT2D eigenvalue weighted by atomic mass is 35.5. The van der Waals surface area contributed by atoms with Gasteiger partial charge in [-0.25, -0.2) is 4.98 Å². The van der Waals surface area contributed by atoms with E-state index in [1.54, 1.807) is 31.3 Å². The van der Waals surface area contributed by atoms with Crippen LogP contribution < -0.4 is 10.6 Å². The molecule has 0 aliphatic carbocycles. The predicted octanol–water partition coefficient (Wildman–Crippen LogP) is 3.99. The van der Waals surface area contributed by atoms with Gasteiger partial charge >= 0.3 is 0 Å². The molecule has 0 aliphatic rings. The molecule has 20 heavy (non-hydrogen) atoms. The first-order valence-electron chi connectivity index (χ1n) is 5.92. The van der Waals surface area contributed by atoms with Crippen LogP contribution in [0.15, 0.2) is 30.5 Å². The van der Waals surface area contributed by atoms with Crippen molar-refractivity contribution in [1.29, 1.82) is 0 Å². The standard InChI is InChI=1S/C14H13Cl2N3O/c1-8-10(15)4-3-5-12(8)19-14(20)9-6-13(17-2)18-7-11(9)16/h3-7H,1-2H3,(H,17,18)(H,19,20). The molecule has 0 bridgehead atoms. The molecule has 0 fully saturated rings. The van der Waals surface area contributed by atoms with Gasteiger partial charge in [-0.3, -0.25) is 4.79 Å². The van der Waals surface area contributed by atoms with E-state index in [4.69, 9.17) is 23.2 Å². The number of nitrogens with one attached hydrogen (secondary N) is 2. The second-order valence-corrected chi connectivity index (χ2v) is 4.98. The maximum atomic E-state index is 12.3. The Labute approximate surface area is 127 Å². The molecule has 104 valence electrons. The van der Waals surface area contributed by atoms with Crippen molar-refractivity contribution in [3.8, 4) is 0 Å². The van der Waals surface area contributed by atoms with Crippen molar-refractivity contribution in [1.82, 2.24) is 4.98 Å². The Hall–Kier alpha value is -1.78. The molecule has 0 saturated heterocycles. The van der Waals surface area contributed by atoms with E-state index in [-0.39, 0.29) is 5.91 Å². The van der Waals surface area contributed by atoms with Crippen LogP contribution in [0.2, 0.25) is 10.0 Å². The molecule has 2 N–H and O–H groups in total. The van der Waals surface area contributed by atoms with Crippen LogP contribution in [-0.2, 0) is 0 Å². The van der Waals surface area contributed by atoms with E-state index in [2.05, 4.69) is 15.6 Å². The van der Waals surface area contributed by atoms with Gasteiger partial charge in [-0.15, -0.1) is 0 Å². The second-order valence-electron chi connectivity index (χ2n) is 4.17. The third-order valence-electron chi connectivity index (χ3n) is 2.87. The van der Waals surface area contributed by atoms with E-state index >= 15 is 0 Å². The molecule has 1 aromatic heterocycles. The molecular formula is C14H13Cl2N3O. The first kappa shape index (κ1) is 14.6. The number of aromatic nitrogens is 1. The topological polar surface area (TPSA) is 54.0 Å². The Kier molecular flexibility index (Phi) is 4.47. The minimum atomic E-state index is -0.306. The predicted molar refractivity (Wildman–Crippen MR) is 82.9 cm³/mol. The highest BCUT2D eigenvalue weighted by Gasteiger charge is 2.13. The lowest BCUT2D eigenvalue weighted by Crippen LogP contribution is -2.14. The molecule has 0 radical (unpaired) electrons. The van der Waals surface area contributed by atoms with Crippen molar-refractivity contribution in [3.05, 3.63) is 51.6 Å². The fraction of sp³-hybridized carbons (Fsp3) is 0.143. The van der Waals surface area contributed by atoms with Crippen LogP contribution in [-0.4, -0.2) is 17.9 Å². The maximum absolute atomic E-state index is 12.3. The van der Waals surface area contributed by atoms with Crippen LogP contribution in [0.3, 0.4) is 0 Å². The van der Waals surface area contributed by atoms with Crippen molar-refractivity contribution >= 4 is 40.6 Å². The highest BCUT2D eigenvalue weighted by molar-refractivity contribution is 6.34. The summed E-state index contributed by atoms with van der Waals surface area (Å²) >= 11 is 12.0. The number of halogens is 2. The summed E-state index contributed by atoms with van der Waals surface area (Å²) in [5.41, 5.74) is 1.81. The van der Waals surface area contributed by atoms with E-state index in [0.717, 1.165) is 5.56 Å². The zero-order valence-corrected chi connectivity index (χ0v) is 12.5. The number of amides is 1. The first-order valence-corrected chi connectivity index (χ1v) is 6.68. The summed E-state index contributed by atoms with van der Waals surface area (Å²) in [6, 6.07) is 6.92. The quantitative estimate of drug-likeness (QED) is 0.901. The Morgan fingerprint density at radius 2 is 2.00 bits per heavy atom. The Bertz CT molecular complexity index is 659. The monoisotopic (exact) mass is 309 g/mol. The van der Waals surface area contributed by atoms with Crippen LogP contribution in [0, 0.1) is 6.92 Å². The fourth-order valence-corrected chi connectivity index (χ4v) is 2.05. The molecule has 0 spiro atoms. The summed E-state index contributed by atoms with van der Waals surface area (Å²) < 4.78 is 0. The van der Waals surface area contributed by atoms with Gasteiger partial charge in [0.1, 0.15) is 5.82 Å². The molecule has 2 aromatic rings. The number of anilines is 2. The molecule has 1 amide bonds. The highest BCUT2D eigenvalue weighted by Crippen LogP contribution is 2.25. The van der Waals surface area contributed by atoms with E-state index in [1.807, 2.05) is 6.92 Å². The van der Waals surface area contributed by atoms with Gasteiger partial charge in [0.25, 0.3) is 5.91 Å². The Morgan fingerprint density at radius 3 is 2.70 bits per heavy atom. The molecule has 0 atom stereocenters. The SMILES string of the molecule is CNc1cc(C(=O)Nc2cccc(Cl)c2C)c(Cl)cn1. The minimum absolute atomic E-state index is 0.293. The summed E-state index contributed by atoms with van der Waals surface area (Å²) in [4.78, 5) is 16.3. The molecular weight excluding hydrogens is 297 g/mol. The molecule has 6 heteroatoms. The van der Waals surface area contributed by atoms with Crippen LogP contribution in [0.25, 0.3) is 0 Å². The van der Waals surface area contributed by atoms with Crippen LogP contribution >= 0.6 is 23.2 Å². The molecule has 4 nitrogen and oxygen atoms in total. The third kappa shape index (κ3) is 3.03. The van der Waals surface area contributed by atoms with Gasteiger partial charge in [0, 0.05) is 24.0 Å². The average molecular weight is 310 g/mol. The van der Waals surface area contributed by atoms with E-state index < -0.39 is 0 Å². The van der Waals surface area contributed by atoms with Gasteiger partial charge in [-0.2, -0.15) is 0 Å². The number of benzene rings is 1. The van der Waals surface area contributed by atoms with Crippen molar-refractivity contribution in [3.63, 3.8) is 0 Å². The number of rotatable bonds is 3. The first-order chi connectivity index (χ1) is 9.52. The summed E-state index contributed by atoms with van der Waals surface area (Å²) in [5, 5.41) is 6.55. The number of carbonyl (C=O) groups excluding carboxylic acids is 1. The van der Waals surface area contributed by atoms with Gasteiger partial charge in [0.2, 0.25) is 0 Å². The second kappa shape index (κ2) is 6.11. The summed E-state index contributed by atoms with van der Waals surface area (Å²) in [5.74, 6) is 0.265. The lowest BCUT2D eigenvalue weighted by atomic mass is 10.2. The van der Waals surface area contributed by atoms with Gasteiger partial charge < -0.3 is 10.6 Å².